The minimum Gasteiger partial charge on any atom is -0.389 e. The van der Waals surface area contributed by atoms with Crippen LogP contribution in [0.3, 0.4) is 0 Å². The third-order valence-electron chi connectivity index (χ3n) is 4.04. The molecule has 0 aromatic carbocycles. The van der Waals surface area contributed by atoms with Gasteiger partial charge in [0.05, 0.1) is 18.8 Å². The number of rotatable bonds is 8. The van der Waals surface area contributed by atoms with Gasteiger partial charge in [0.2, 0.25) is 0 Å². The molecule has 0 amide bonds. The van der Waals surface area contributed by atoms with Crippen LogP contribution < -0.4 is 5.32 Å². The van der Waals surface area contributed by atoms with Gasteiger partial charge in [-0.1, -0.05) is 6.42 Å². The van der Waals surface area contributed by atoms with Gasteiger partial charge in [-0.25, -0.2) is 0 Å². The van der Waals surface area contributed by atoms with E-state index in [-0.39, 0.29) is 12.2 Å². The highest BCUT2D eigenvalue weighted by Gasteiger charge is 2.27. The number of nitrogens with zero attached hydrogens (tertiary/aromatic N) is 1. The quantitative estimate of drug-likeness (QED) is 0.699. The van der Waals surface area contributed by atoms with Crippen molar-refractivity contribution in [2.45, 2.75) is 70.2 Å². The van der Waals surface area contributed by atoms with Gasteiger partial charge in [0, 0.05) is 25.2 Å². The summed E-state index contributed by atoms with van der Waals surface area (Å²) >= 11 is 0. The molecule has 2 unspecified atom stereocenters. The van der Waals surface area contributed by atoms with Crippen LogP contribution in [-0.2, 0) is 4.74 Å². The summed E-state index contributed by atoms with van der Waals surface area (Å²) in [7, 11) is 0. The zero-order valence-corrected chi connectivity index (χ0v) is 12.5. The number of piperidine rings is 1. The van der Waals surface area contributed by atoms with Crippen LogP contribution in [0.5, 0.6) is 0 Å². The van der Waals surface area contributed by atoms with Gasteiger partial charge in [-0.3, -0.25) is 4.90 Å². The van der Waals surface area contributed by atoms with E-state index in [0.717, 1.165) is 25.7 Å². The standard InChI is InChI=1S/C15H30N2O2/c1-12(2)19-11-15(18)10-17-8-4-3-5-14(17)9-16-13-6-7-13/h12-16,18H,3-11H2,1-2H3. The van der Waals surface area contributed by atoms with E-state index in [4.69, 9.17) is 4.74 Å². The Bertz CT molecular complexity index is 257. The van der Waals surface area contributed by atoms with Crippen molar-refractivity contribution >= 4 is 0 Å². The number of β-amino-alcohol motifs (C(OH)–C–C–N with tert-alkyl or cyclic N) is 1. The summed E-state index contributed by atoms with van der Waals surface area (Å²) in [6.45, 7) is 7.44. The van der Waals surface area contributed by atoms with Crippen LogP contribution in [0.4, 0.5) is 0 Å². The number of ether oxygens (including phenoxy) is 1. The number of nitrogens with one attached hydrogen (secondary N) is 1. The Hall–Kier alpha value is -0.160. The van der Waals surface area contributed by atoms with E-state index in [1.165, 1.54) is 32.1 Å². The van der Waals surface area contributed by atoms with Gasteiger partial charge in [0.1, 0.15) is 0 Å². The average Bonchev–Trinajstić information content (AvgIpc) is 3.19. The molecule has 4 heteroatoms. The molecule has 0 aromatic heterocycles. The molecule has 4 nitrogen and oxygen atoms in total. The molecule has 1 heterocycles. The third-order valence-corrected chi connectivity index (χ3v) is 4.04. The highest BCUT2D eigenvalue weighted by molar-refractivity contribution is 4.86. The van der Waals surface area contributed by atoms with Crippen molar-refractivity contribution in [2.24, 2.45) is 0 Å². The Kier molecular flexibility index (Phi) is 6.07. The summed E-state index contributed by atoms with van der Waals surface area (Å²) in [4.78, 5) is 2.45. The van der Waals surface area contributed by atoms with Gasteiger partial charge >= 0.3 is 0 Å². The van der Waals surface area contributed by atoms with Crippen molar-refractivity contribution in [3.05, 3.63) is 0 Å². The summed E-state index contributed by atoms with van der Waals surface area (Å²) in [6, 6.07) is 1.38. The van der Waals surface area contributed by atoms with E-state index in [1.54, 1.807) is 0 Å². The molecule has 1 aliphatic carbocycles. The van der Waals surface area contributed by atoms with Crippen LogP contribution in [0, 0.1) is 0 Å². The minimum atomic E-state index is -0.357. The first kappa shape index (κ1) is 15.2. The molecule has 1 saturated heterocycles. The fraction of sp³-hybridized carbons (Fsp3) is 1.00. The number of aliphatic hydroxyl groups is 1. The van der Waals surface area contributed by atoms with E-state index in [9.17, 15) is 5.11 Å². The molecular formula is C15H30N2O2. The maximum absolute atomic E-state index is 10.1. The van der Waals surface area contributed by atoms with Crippen molar-refractivity contribution in [3.8, 4) is 0 Å². The van der Waals surface area contributed by atoms with Crippen molar-refractivity contribution in [3.63, 3.8) is 0 Å². The number of likely N-dealkylation sites (tertiary alicyclic amines) is 1. The summed E-state index contributed by atoms with van der Waals surface area (Å²) in [5.74, 6) is 0. The third kappa shape index (κ3) is 5.78. The number of aliphatic hydroxyl groups excluding tert-OH is 1. The molecule has 19 heavy (non-hydrogen) atoms. The highest BCUT2D eigenvalue weighted by Crippen LogP contribution is 2.21. The first-order chi connectivity index (χ1) is 9.15. The maximum atomic E-state index is 10.1. The second kappa shape index (κ2) is 7.58. The molecule has 0 radical (unpaired) electrons. The molecule has 1 saturated carbocycles. The Morgan fingerprint density at radius 1 is 1.26 bits per heavy atom. The number of hydrogen-bond donors (Lipinski definition) is 2. The van der Waals surface area contributed by atoms with Gasteiger partial charge in [-0.05, 0) is 46.1 Å². The SMILES string of the molecule is CC(C)OCC(O)CN1CCCCC1CNC1CC1. The molecule has 2 rings (SSSR count). The normalized spacial score (nSPS) is 26.8. The van der Waals surface area contributed by atoms with Gasteiger partial charge in [0.15, 0.2) is 0 Å². The molecule has 0 spiro atoms. The lowest BCUT2D eigenvalue weighted by atomic mass is 10.0. The summed E-state index contributed by atoms with van der Waals surface area (Å²) in [6.07, 6.45) is 6.38. The number of hydrogen-bond acceptors (Lipinski definition) is 4. The Labute approximate surface area is 117 Å². The lowest BCUT2D eigenvalue weighted by molar-refractivity contribution is -0.0183. The molecule has 2 fully saturated rings. The van der Waals surface area contributed by atoms with Crippen molar-refractivity contribution in [2.75, 3.05) is 26.2 Å². The lowest BCUT2D eigenvalue weighted by Gasteiger charge is -2.37. The van der Waals surface area contributed by atoms with E-state index < -0.39 is 0 Å². The van der Waals surface area contributed by atoms with Crippen molar-refractivity contribution < 1.29 is 9.84 Å². The second-order valence-electron chi connectivity index (χ2n) is 6.36. The summed E-state index contributed by atoms with van der Waals surface area (Å²) in [5, 5.41) is 13.7. The smallest absolute Gasteiger partial charge is 0.0900 e. The molecule has 1 aliphatic heterocycles. The van der Waals surface area contributed by atoms with Gasteiger partial charge in [-0.15, -0.1) is 0 Å². The zero-order chi connectivity index (χ0) is 13.7. The van der Waals surface area contributed by atoms with Crippen molar-refractivity contribution in [1.29, 1.82) is 0 Å². The summed E-state index contributed by atoms with van der Waals surface area (Å²) in [5.41, 5.74) is 0. The van der Waals surface area contributed by atoms with Gasteiger partial charge < -0.3 is 15.2 Å². The van der Waals surface area contributed by atoms with E-state index in [0.29, 0.717) is 12.6 Å². The largest absolute Gasteiger partial charge is 0.389 e. The zero-order valence-electron chi connectivity index (χ0n) is 12.5. The molecule has 2 atom stereocenters. The van der Waals surface area contributed by atoms with Gasteiger partial charge in [-0.2, -0.15) is 0 Å². The molecule has 0 aromatic rings. The monoisotopic (exact) mass is 270 g/mol. The first-order valence-corrected chi connectivity index (χ1v) is 7.92. The molecule has 112 valence electrons. The Morgan fingerprint density at radius 3 is 2.74 bits per heavy atom. The maximum Gasteiger partial charge on any atom is 0.0900 e. The molecule has 2 N–H and O–H groups in total. The molecule has 0 bridgehead atoms. The van der Waals surface area contributed by atoms with Crippen LogP contribution in [0.15, 0.2) is 0 Å². The second-order valence-corrected chi connectivity index (χ2v) is 6.36. The first-order valence-electron chi connectivity index (χ1n) is 7.92. The van der Waals surface area contributed by atoms with E-state index >= 15 is 0 Å². The fourth-order valence-electron chi connectivity index (χ4n) is 2.75. The van der Waals surface area contributed by atoms with Crippen LogP contribution in [0.2, 0.25) is 0 Å². The van der Waals surface area contributed by atoms with Gasteiger partial charge in [0.25, 0.3) is 0 Å². The van der Waals surface area contributed by atoms with Crippen LogP contribution >= 0.6 is 0 Å². The average molecular weight is 270 g/mol. The van der Waals surface area contributed by atoms with Crippen molar-refractivity contribution in [1.82, 2.24) is 10.2 Å². The predicted molar refractivity (Wildman–Crippen MR) is 77.3 cm³/mol. The molecule has 2 aliphatic rings. The minimum absolute atomic E-state index is 0.198. The van der Waals surface area contributed by atoms with E-state index in [2.05, 4.69) is 10.2 Å². The van der Waals surface area contributed by atoms with E-state index in [1.807, 2.05) is 13.8 Å². The highest BCUT2D eigenvalue weighted by atomic mass is 16.5. The summed E-state index contributed by atoms with van der Waals surface area (Å²) < 4.78 is 5.50. The Balaban J connectivity index is 1.70. The lowest BCUT2D eigenvalue weighted by Crippen LogP contribution is -2.49. The topological polar surface area (TPSA) is 44.7 Å². The van der Waals surface area contributed by atoms with Crippen LogP contribution in [0.1, 0.15) is 46.0 Å². The Morgan fingerprint density at radius 2 is 2.05 bits per heavy atom. The molecular weight excluding hydrogens is 240 g/mol. The fourth-order valence-corrected chi connectivity index (χ4v) is 2.75. The van der Waals surface area contributed by atoms with Crippen LogP contribution in [0.25, 0.3) is 0 Å². The van der Waals surface area contributed by atoms with Crippen LogP contribution in [-0.4, -0.2) is 60.5 Å². The predicted octanol–water partition coefficient (Wildman–Crippen LogP) is 1.38.